The number of likely N-dealkylation sites (tertiary alicyclic amines) is 1. The number of nitrogens with zero attached hydrogens (tertiary/aromatic N) is 1. The van der Waals surface area contributed by atoms with Crippen LogP contribution in [0.25, 0.3) is 0 Å². The van der Waals surface area contributed by atoms with Gasteiger partial charge in [0, 0.05) is 13.0 Å². The van der Waals surface area contributed by atoms with Crippen molar-refractivity contribution < 1.29 is 33.6 Å². The Morgan fingerprint density at radius 3 is 1.97 bits per heavy atom. The molecule has 2 fully saturated rings. The molecule has 2 atom stereocenters. The second-order valence-electron chi connectivity index (χ2n) is 9.62. The van der Waals surface area contributed by atoms with Crippen LogP contribution in [0.15, 0.2) is 78.9 Å². The van der Waals surface area contributed by atoms with Crippen molar-refractivity contribution in [2.45, 2.75) is 31.3 Å². The van der Waals surface area contributed by atoms with Crippen molar-refractivity contribution in [2.75, 3.05) is 27.4 Å². The summed E-state index contributed by atoms with van der Waals surface area (Å²) < 4.78 is 22.7. The van der Waals surface area contributed by atoms with Gasteiger partial charge < -0.3 is 29.0 Å². The van der Waals surface area contributed by atoms with Gasteiger partial charge in [-0.25, -0.2) is 0 Å². The Bertz CT molecular complexity index is 1260. The zero-order chi connectivity index (χ0) is 27.0. The lowest BCUT2D eigenvalue weighted by atomic mass is 9.72. The number of carbonyl (C=O) groups is 2. The summed E-state index contributed by atoms with van der Waals surface area (Å²) in [4.78, 5) is 29.3. The number of methoxy groups -OCH3 is 2. The van der Waals surface area contributed by atoms with Gasteiger partial charge in [0.1, 0.15) is 17.1 Å². The van der Waals surface area contributed by atoms with E-state index in [1.54, 1.807) is 45.4 Å². The van der Waals surface area contributed by atoms with Gasteiger partial charge in [-0.1, -0.05) is 54.6 Å². The maximum atomic E-state index is 14.1. The Balaban J connectivity index is 1.64. The van der Waals surface area contributed by atoms with Crippen LogP contribution in [0, 0.1) is 5.41 Å². The molecule has 0 unspecified atom stereocenters. The minimum Gasteiger partial charge on any atom is -0.497 e. The first kappa shape index (κ1) is 25.8. The number of esters is 1. The van der Waals surface area contributed by atoms with Gasteiger partial charge in [-0.3, -0.25) is 9.59 Å². The number of β-amino-alcohol motifs (C(OH)–C–C–N with tert-alkyl or cyclic N) is 1. The zero-order valence-corrected chi connectivity index (χ0v) is 21.7. The Hall–Kier alpha value is -3.88. The van der Waals surface area contributed by atoms with Crippen LogP contribution in [0.4, 0.5) is 0 Å². The first-order valence-corrected chi connectivity index (χ1v) is 12.5. The van der Waals surface area contributed by atoms with Gasteiger partial charge in [-0.05, 0) is 47.9 Å². The summed E-state index contributed by atoms with van der Waals surface area (Å²) >= 11 is 0. The molecule has 3 aromatic rings. The minimum atomic E-state index is -2.13. The van der Waals surface area contributed by atoms with E-state index < -0.39 is 28.7 Å². The second kappa shape index (κ2) is 9.78. The fourth-order valence-electron chi connectivity index (χ4n) is 5.65. The van der Waals surface area contributed by atoms with E-state index in [4.69, 9.17) is 18.9 Å². The molecule has 2 saturated heterocycles. The van der Waals surface area contributed by atoms with E-state index in [-0.39, 0.29) is 26.1 Å². The third-order valence-electron chi connectivity index (χ3n) is 7.53. The van der Waals surface area contributed by atoms with Gasteiger partial charge in [-0.2, -0.15) is 0 Å². The van der Waals surface area contributed by atoms with E-state index in [2.05, 4.69) is 0 Å². The molecular formula is C30H31NO7. The molecule has 8 heteroatoms. The van der Waals surface area contributed by atoms with Gasteiger partial charge in [-0.15, -0.1) is 0 Å². The van der Waals surface area contributed by atoms with Crippen molar-refractivity contribution in [2.24, 2.45) is 5.41 Å². The normalized spacial score (nSPS) is 23.7. The molecule has 0 aromatic heterocycles. The zero-order valence-electron chi connectivity index (χ0n) is 21.7. The maximum Gasteiger partial charge on any atom is 0.327 e. The van der Waals surface area contributed by atoms with Crippen LogP contribution in [-0.4, -0.2) is 55.0 Å². The maximum absolute atomic E-state index is 14.1. The Morgan fingerprint density at radius 1 is 0.921 bits per heavy atom. The third-order valence-corrected chi connectivity index (χ3v) is 7.53. The van der Waals surface area contributed by atoms with E-state index in [1.165, 1.54) is 4.90 Å². The highest BCUT2D eigenvalue weighted by Gasteiger charge is 2.78. The molecule has 2 aliphatic heterocycles. The molecule has 1 N–H and O–H groups in total. The molecule has 38 heavy (non-hydrogen) atoms. The number of fused-ring (bicyclic) bond motifs is 1. The smallest absolute Gasteiger partial charge is 0.327 e. The highest BCUT2D eigenvalue weighted by molar-refractivity contribution is 6.06. The van der Waals surface area contributed by atoms with Crippen LogP contribution in [0.3, 0.4) is 0 Å². The van der Waals surface area contributed by atoms with Gasteiger partial charge in [0.05, 0.1) is 27.4 Å². The first-order chi connectivity index (χ1) is 18.3. The summed E-state index contributed by atoms with van der Waals surface area (Å²) in [6.45, 7) is 1.77. The average Bonchev–Trinajstić information content (AvgIpc) is 3.34. The molecule has 2 aliphatic rings. The molecule has 0 aliphatic carbocycles. The Kier molecular flexibility index (Phi) is 6.63. The minimum absolute atomic E-state index is 0.0563. The lowest BCUT2D eigenvalue weighted by Gasteiger charge is -2.34. The highest BCUT2D eigenvalue weighted by atomic mass is 16.7. The summed E-state index contributed by atoms with van der Waals surface area (Å²) in [5, 5.41) is 12.1. The summed E-state index contributed by atoms with van der Waals surface area (Å²) in [5.74, 6) is -2.18. The summed E-state index contributed by atoms with van der Waals surface area (Å²) in [7, 11) is 3.15. The number of carbonyl (C=O) groups excluding carboxylic acids is 2. The molecule has 0 spiro atoms. The fourth-order valence-corrected chi connectivity index (χ4v) is 5.65. The molecule has 198 valence electrons. The van der Waals surface area contributed by atoms with Crippen LogP contribution in [0.5, 0.6) is 11.5 Å². The number of aliphatic hydroxyl groups is 1. The molecule has 8 nitrogen and oxygen atoms in total. The van der Waals surface area contributed by atoms with Gasteiger partial charge in [0.15, 0.2) is 0 Å². The van der Waals surface area contributed by atoms with Crippen molar-refractivity contribution in [3.8, 4) is 11.5 Å². The van der Waals surface area contributed by atoms with E-state index in [9.17, 15) is 14.7 Å². The summed E-state index contributed by atoms with van der Waals surface area (Å²) in [6, 6.07) is 23.8. The molecule has 0 radical (unpaired) electrons. The topological polar surface area (TPSA) is 94.5 Å². The average molecular weight is 518 g/mol. The van der Waals surface area contributed by atoms with E-state index in [0.29, 0.717) is 22.6 Å². The third kappa shape index (κ3) is 3.92. The van der Waals surface area contributed by atoms with Crippen LogP contribution in [-0.2, 0) is 31.2 Å². The predicted molar refractivity (Wildman–Crippen MR) is 138 cm³/mol. The number of benzene rings is 3. The van der Waals surface area contributed by atoms with Crippen LogP contribution in [0.1, 0.15) is 30.0 Å². The highest BCUT2D eigenvalue weighted by Crippen LogP contribution is 2.61. The van der Waals surface area contributed by atoms with Crippen LogP contribution >= 0.6 is 0 Å². The Labute approximate surface area is 221 Å². The number of hydrogen-bond donors (Lipinski definition) is 1. The predicted octanol–water partition coefficient (Wildman–Crippen LogP) is 3.65. The van der Waals surface area contributed by atoms with Crippen molar-refractivity contribution in [1.29, 1.82) is 0 Å². The van der Waals surface area contributed by atoms with Gasteiger partial charge in [0.2, 0.25) is 17.1 Å². The van der Waals surface area contributed by atoms with Crippen molar-refractivity contribution in [3.05, 3.63) is 95.6 Å². The SMILES string of the molecule is CCOC(=O)[C@@]12CC(c3ccc(OC)cc3)(c3ccc(OC)cc3)O[C@]1(O)CN(Cc1ccccc1)C2=O. The lowest BCUT2D eigenvalue weighted by molar-refractivity contribution is -0.239. The number of hydrogen-bond acceptors (Lipinski definition) is 7. The molecule has 0 saturated carbocycles. The Morgan fingerprint density at radius 2 is 1.47 bits per heavy atom. The lowest BCUT2D eigenvalue weighted by Crippen LogP contribution is -2.52. The first-order valence-electron chi connectivity index (χ1n) is 12.5. The van der Waals surface area contributed by atoms with E-state index in [1.807, 2.05) is 54.6 Å². The quantitative estimate of drug-likeness (QED) is 0.360. The van der Waals surface area contributed by atoms with Gasteiger partial charge >= 0.3 is 5.97 Å². The van der Waals surface area contributed by atoms with E-state index in [0.717, 1.165) is 5.56 Å². The fraction of sp³-hybridized carbons (Fsp3) is 0.333. The number of amides is 1. The van der Waals surface area contributed by atoms with Gasteiger partial charge in [0.25, 0.3) is 0 Å². The summed E-state index contributed by atoms with van der Waals surface area (Å²) in [5.41, 5.74) is -1.08. The molecule has 1 amide bonds. The molecule has 3 aromatic carbocycles. The number of ether oxygens (including phenoxy) is 4. The molecule has 0 bridgehead atoms. The van der Waals surface area contributed by atoms with E-state index >= 15 is 0 Å². The second-order valence-corrected chi connectivity index (χ2v) is 9.62. The van der Waals surface area contributed by atoms with Crippen molar-refractivity contribution in [1.82, 2.24) is 4.90 Å². The monoisotopic (exact) mass is 517 g/mol. The molecule has 2 heterocycles. The van der Waals surface area contributed by atoms with Crippen LogP contribution in [0.2, 0.25) is 0 Å². The largest absolute Gasteiger partial charge is 0.497 e. The summed E-state index contributed by atoms with van der Waals surface area (Å²) in [6.07, 6.45) is -0.141. The molecule has 5 rings (SSSR count). The van der Waals surface area contributed by atoms with Crippen molar-refractivity contribution in [3.63, 3.8) is 0 Å². The number of rotatable bonds is 8. The van der Waals surface area contributed by atoms with Crippen LogP contribution < -0.4 is 9.47 Å². The molecular weight excluding hydrogens is 486 g/mol. The van der Waals surface area contributed by atoms with Crippen molar-refractivity contribution >= 4 is 11.9 Å². The standard InChI is InChI=1S/C30H31NO7/c1-4-37-27(33)28-19-29(22-10-14-24(35-2)15-11-22,23-12-16-25(36-3)17-13-23)38-30(28,34)20-31(26(28)32)18-21-8-6-5-7-9-21/h5-17,34H,4,18-20H2,1-3H3/t28-,30+/m0/s1.